The number of carbonyl (C=O) groups is 1. The molecule has 1 N–H and O–H groups in total. The third-order valence-corrected chi connectivity index (χ3v) is 4.87. The highest BCUT2D eigenvalue weighted by Gasteiger charge is 2.17. The first-order valence-electron chi connectivity index (χ1n) is 9.73. The molecule has 31 heavy (non-hydrogen) atoms. The number of ether oxygens (including phenoxy) is 1. The molecule has 160 valence electrons. The average Bonchev–Trinajstić information content (AvgIpc) is 2.74. The van der Waals surface area contributed by atoms with E-state index in [9.17, 15) is 9.18 Å². The van der Waals surface area contributed by atoms with Crippen LogP contribution in [0.15, 0.2) is 55.5 Å². The van der Waals surface area contributed by atoms with E-state index in [1.165, 1.54) is 31.5 Å². The van der Waals surface area contributed by atoms with Crippen molar-refractivity contribution >= 4 is 34.5 Å². The number of esters is 1. The van der Waals surface area contributed by atoms with Crippen molar-refractivity contribution in [3.63, 3.8) is 0 Å². The third-order valence-electron chi connectivity index (χ3n) is 4.64. The fourth-order valence-corrected chi connectivity index (χ4v) is 3.38. The van der Waals surface area contributed by atoms with E-state index in [4.69, 9.17) is 16.3 Å². The van der Waals surface area contributed by atoms with Crippen LogP contribution in [0.2, 0.25) is 5.02 Å². The summed E-state index contributed by atoms with van der Waals surface area (Å²) in [5.74, 6) is -0.568. The predicted molar refractivity (Wildman–Crippen MR) is 122 cm³/mol. The molecule has 0 aliphatic rings. The molecule has 2 aromatic heterocycles. The van der Waals surface area contributed by atoms with Crippen LogP contribution in [0.3, 0.4) is 0 Å². The number of hydrogen-bond donors (Lipinski definition) is 1. The second kappa shape index (κ2) is 9.71. The molecule has 1 aromatic carbocycles. The molecule has 7 heteroatoms. The summed E-state index contributed by atoms with van der Waals surface area (Å²) in [5.41, 5.74) is 3.73. The molecule has 0 aliphatic carbocycles. The highest BCUT2D eigenvalue weighted by Crippen LogP contribution is 2.34. The number of allylic oxidation sites excluding steroid dienone is 1. The highest BCUT2D eigenvalue weighted by atomic mass is 35.5. The molecule has 0 aliphatic heterocycles. The molecular formula is C24H23ClFN3O2. The van der Waals surface area contributed by atoms with Crippen LogP contribution in [0, 0.1) is 11.7 Å². The fourth-order valence-electron chi connectivity index (χ4n) is 3.21. The number of carbonyl (C=O) groups excluding carboxylic acids is 1. The van der Waals surface area contributed by atoms with Crippen molar-refractivity contribution in [2.24, 2.45) is 5.92 Å². The van der Waals surface area contributed by atoms with Gasteiger partial charge in [0.05, 0.1) is 18.5 Å². The summed E-state index contributed by atoms with van der Waals surface area (Å²) in [7, 11) is 1.31. The Morgan fingerprint density at radius 1 is 1.19 bits per heavy atom. The maximum Gasteiger partial charge on any atom is 0.341 e. The molecule has 0 amide bonds. The average molecular weight is 440 g/mol. The molecule has 5 nitrogen and oxygen atoms in total. The second-order valence-corrected chi connectivity index (χ2v) is 7.92. The molecule has 2 heterocycles. The van der Waals surface area contributed by atoms with Crippen molar-refractivity contribution in [1.29, 1.82) is 0 Å². The maximum atomic E-state index is 14.5. The van der Waals surface area contributed by atoms with Crippen LogP contribution in [-0.2, 0) is 4.74 Å². The Morgan fingerprint density at radius 2 is 1.97 bits per heavy atom. The zero-order valence-corrected chi connectivity index (χ0v) is 18.3. The summed E-state index contributed by atoms with van der Waals surface area (Å²) in [4.78, 5) is 20.6. The smallest absolute Gasteiger partial charge is 0.341 e. The minimum absolute atomic E-state index is 0.276. The Bertz CT molecular complexity index is 1130. The Morgan fingerprint density at radius 3 is 2.68 bits per heavy atom. The van der Waals surface area contributed by atoms with Gasteiger partial charge in [-0.1, -0.05) is 32.0 Å². The van der Waals surface area contributed by atoms with Crippen molar-refractivity contribution in [3.8, 4) is 11.3 Å². The third kappa shape index (κ3) is 5.27. The van der Waals surface area contributed by atoms with Gasteiger partial charge in [0.2, 0.25) is 0 Å². The molecule has 3 rings (SSSR count). The van der Waals surface area contributed by atoms with Gasteiger partial charge in [-0.2, -0.15) is 0 Å². The largest absolute Gasteiger partial charge is 0.465 e. The molecule has 0 radical (unpaired) electrons. The number of anilines is 2. The highest BCUT2D eigenvalue weighted by molar-refractivity contribution is 6.30. The molecule has 0 saturated carbocycles. The number of nitrogens with zero attached hydrogens (tertiary/aromatic N) is 2. The maximum absolute atomic E-state index is 14.5. The summed E-state index contributed by atoms with van der Waals surface area (Å²) in [6, 6.07) is 7.70. The number of hydrogen-bond acceptors (Lipinski definition) is 5. The fraction of sp³-hybridized carbons (Fsp3) is 0.208. The number of rotatable bonds is 7. The van der Waals surface area contributed by atoms with E-state index in [0.717, 1.165) is 17.6 Å². The van der Waals surface area contributed by atoms with Crippen molar-refractivity contribution in [1.82, 2.24) is 9.97 Å². The van der Waals surface area contributed by atoms with Crippen LogP contribution in [0.25, 0.3) is 16.8 Å². The zero-order valence-electron chi connectivity index (χ0n) is 17.6. The predicted octanol–water partition coefficient (Wildman–Crippen LogP) is 6.53. The normalized spacial score (nSPS) is 10.8. The Balaban J connectivity index is 2.12. The van der Waals surface area contributed by atoms with Gasteiger partial charge in [-0.05, 0) is 48.2 Å². The summed E-state index contributed by atoms with van der Waals surface area (Å²) < 4.78 is 19.3. The van der Waals surface area contributed by atoms with Gasteiger partial charge >= 0.3 is 5.97 Å². The quantitative estimate of drug-likeness (QED) is 0.424. The van der Waals surface area contributed by atoms with Crippen molar-refractivity contribution in [3.05, 3.63) is 77.5 Å². The summed E-state index contributed by atoms with van der Waals surface area (Å²) in [6.45, 7) is 8.39. The van der Waals surface area contributed by atoms with Crippen LogP contribution >= 0.6 is 11.6 Å². The number of aromatic nitrogens is 2. The van der Waals surface area contributed by atoms with E-state index in [-0.39, 0.29) is 11.1 Å². The lowest BCUT2D eigenvalue weighted by Crippen LogP contribution is -2.07. The molecule has 0 bridgehead atoms. The molecular weight excluding hydrogens is 417 g/mol. The van der Waals surface area contributed by atoms with E-state index < -0.39 is 11.8 Å². The summed E-state index contributed by atoms with van der Waals surface area (Å²) >= 11 is 6.06. The summed E-state index contributed by atoms with van der Waals surface area (Å²) in [5, 5.41) is 3.66. The van der Waals surface area contributed by atoms with E-state index in [2.05, 4.69) is 35.7 Å². The van der Waals surface area contributed by atoms with Gasteiger partial charge in [-0.25, -0.2) is 9.18 Å². The molecule has 0 spiro atoms. The van der Waals surface area contributed by atoms with Crippen LogP contribution < -0.4 is 5.32 Å². The molecule has 0 atom stereocenters. The van der Waals surface area contributed by atoms with Crippen LogP contribution in [0.5, 0.6) is 0 Å². The molecule has 3 aromatic rings. The standard InChI is InChI=1S/C24H23ClFN3O2/c1-14(2)9-15(3)18-13-28-22(17-10-16(25)5-6-20(17)26)11-23(18)29-21-7-8-27-12-19(21)24(30)31-4/h5-8,10-14H,3,9H2,1-2,4H3,(H,27,28,29). The Kier molecular flexibility index (Phi) is 7.02. The Labute approximate surface area is 186 Å². The number of methoxy groups -OCH3 is 1. The van der Waals surface area contributed by atoms with E-state index in [1.54, 1.807) is 24.5 Å². The first-order valence-corrected chi connectivity index (χ1v) is 10.1. The van der Waals surface area contributed by atoms with Gasteiger partial charge in [0.1, 0.15) is 11.4 Å². The van der Waals surface area contributed by atoms with Gasteiger partial charge in [0, 0.05) is 40.4 Å². The van der Waals surface area contributed by atoms with Gasteiger partial charge in [-0.3, -0.25) is 9.97 Å². The van der Waals surface area contributed by atoms with Crippen molar-refractivity contribution in [2.45, 2.75) is 20.3 Å². The first kappa shape index (κ1) is 22.4. The zero-order chi connectivity index (χ0) is 22.5. The van der Waals surface area contributed by atoms with E-state index >= 15 is 0 Å². The van der Waals surface area contributed by atoms with Gasteiger partial charge in [0.25, 0.3) is 0 Å². The van der Waals surface area contributed by atoms with E-state index in [1.807, 2.05) is 0 Å². The lowest BCUT2D eigenvalue weighted by Gasteiger charge is -2.18. The molecule has 0 unspecified atom stereocenters. The van der Waals surface area contributed by atoms with Gasteiger partial charge in [-0.15, -0.1) is 0 Å². The monoisotopic (exact) mass is 439 g/mol. The van der Waals surface area contributed by atoms with Gasteiger partial charge < -0.3 is 10.1 Å². The lowest BCUT2D eigenvalue weighted by atomic mass is 9.96. The number of benzene rings is 1. The second-order valence-electron chi connectivity index (χ2n) is 7.48. The number of pyridine rings is 2. The Hall–Kier alpha value is -3.25. The van der Waals surface area contributed by atoms with Crippen LogP contribution in [0.1, 0.15) is 36.2 Å². The van der Waals surface area contributed by atoms with Crippen LogP contribution in [-0.4, -0.2) is 23.0 Å². The van der Waals surface area contributed by atoms with Crippen molar-refractivity contribution < 1.29 is 13.9 Å². The molecule has 0 saturated heterocycles. The summed E-state index contributed by atoms with van der Waals surface area (Å²) in [6.07, 6.45) is 5.40. The SMILES string of the molecule is C=C(CC(C)C)c1cnc(-c2cc(Cl)ccc2F)cc1Nc1ccncc1C(=O)OC. The number of nitrogens with one attached hydrogen (secondary N) is 1. The van der Waals surface area contributed by atoms with Gasteiger partial charge in [0.15, 0.2) is 0 Å². The lowest BCUT2D eigenvalue weighted by molar-refractivity contribution is 0.0601. The van der Waals surface area contributed by atoms with E-state index in [0.29, 0.717) is 28.0 Å². The minimum atomic E-state index is -0.520. The number of halogens is 2. The molecule has 0 fully saturated rings. The van der Waals surface area contributed by atoms with Crippen molar-refractivity contribution in [2.75, 3.05) is 12.4 Å². The topological polar surface area (TPSA) is 64.1 Å². The van der Waals surface area contributed by atoms with Crippen LogP contribution in [0.4, 0.5) is 15.8 Å². The minimum Gasteiger partial charge on any atom is -0.465 e. The first-order chi connectivity index (χ1) is 14.8.